The molecular formula is C36H34N12O+12. The summed E-state index contributed by atoms with van der Waals surface area (Å²) in [6.45, 7) is 0. The quantitative estimate of drug-likeness (QED) is 0.406. The van der Waals surface area contributed by atoms with Crippen molar-refractivity contribution in [2.24, 2.45) is 0 Å². The first-order valence-electron chi connectivity index (χ1n) is 15.5. The molecule has 49 heavy (non-hydrogen) atoms. The molecule has 0 unspecified atom stereocenters. The summed E-state index contributed by atoms with van der Waals surface area (Å²) in [4.78, 5) is 0. The van der Waals surface area contributed by atoms with Gasteiger partial charge in [-0.3, -0.25) is 0 Å². The van der Waals surface area contributed by atoms with Crippen LogP contribution in [-0.4, -0.2) is 133 Å². The molecule has 0 spiro atoms. The van der Waals surface area contributed by atoms with Crippen LogP contribution in [0.5, 0.6) is 11.5 Å². The van der Waals surface area contributed by atoms with E-state index < -0.39 is 0 Å². The summed E-state index contributed by atoms with van der Waals surface area (Å²) in [5.74, 6) is 1.20. The Balaban J connectivity index is 1.41. The topological polar surface area (TPSA) is 45.3 Å². The van der Waals surface area contributed by atoms with Crippen molar-refractivity contribution in [3.63, 3.8) is 0 Å². The predicted molar refractivity (Wildman–Crippen MR) is 174 cm³/mol. The highest BCUT2D eigenvalue weighted by atomic mass is 16.5. The molecule has 0 N–H and O–H groups in total. The first-order chi connectivity index (χ1) is 23.7. The highest BCUT2D eigenvalue weighted by Crippen LogP contribution is 2.46. The van der Waals surface area contributed by atoms with Gasteiger partial charge in [0.15, 0.2) is 42.3 Å². The Morgan fingerprint density at radius 1 is 0.306 bits per heavy atom. The lowest BCUT2D eigenvalue weighted by molar-refractivity contribution is -0.440. The lowest BCUT2D eigenvalue weighted by Crippen LogP contribution is -2.06. The van der Waals surface area contributed by atoms with Gasteiger partial charge in [0.25, 0.3) is 48.6 Å². The van der Waals surface area contributed by atoms with Gasteiger partial charge >= 0.3 is 58.8 Å². The predicted octanol–water partition coefficient (Wildman–Crippen LogP) is 3.15. The van der Waals surface area contributed by atoms with E-state index in [-0.39, 0.29) is 0 Å². The largest absolute Gasteiger partial charge is 0.495 e. The minimum Gasteiger partial charge on any atom is -0.443 e. The molecule has 0 aliphatic carbocycles. The van der Waals surface area contributed by atoms with Gasteiger partial charge in [0.1, 0.15) is 0 Å². The van der Waals surface area contributed by atoms with E-state index in [0.29, 0.717) is 11.5 Å². The van der Waals surface area contributed by atoms with Crippen LogP contribution in [0, 0.1) is 0 Å². The van der Waals surface area contributed by atoms with Gasteiger partial charge in [-0.1, -0.05) is 36.6 Å². The van der Waals surface area contributed by atoms with Crippen molar-refractivity contribution in [3.8, 4) is 11.5 Å². The SMILES string of the molecule is C[N+]1=C=[N+](c2cc([N+]3=C=[N+](C)C=C3)c([N+]3=C=[N+](C)C=C3)cc2Oc2cc([N+]3=C=[N+](C)C=C3)c([N+]3=C=[N+](C)C=C3)cc2[N+]2=C=[N+](C)C=C2)C=C1. The van der Waals surface area contributed by atoms with Crippen molar-refractivity contribution in [2.75, 3.05) is 42.3 Å². The average molecular weight is 651 g/mol. The normalized spacial score (nSPS) is 17.8. The molecule has 13 heteroatoms. The minimum absolute atomic E-state index is 0.602. The molecule has 0 atom stereocenters. The molecule has 6 aliphatic rings. The van der Waals surface area contributed by atoms with Crippen LogP contribution in [0.1, 0.15) is 0 Å². The van der Waals surface area contributed by atoms with E-state index in [0.717, 1.165) is 34.1 Å². The van der Waals surface area contributed by atoms with Crippen LogP contribution in [0.15, 0.2) is 98.7 Å². The highest BCUT2D eigenvalue weighted by molar-refractivity contribution is 5.72. The van der Waals surface area contributed by atoms with Gasteiger partial charge in [0.2, 0.25) is 48.7 Å². The fourth-order valence-corrected chi connectivity index (χ4v) is 5.75. The number of nitrogens with zero attached hydrogens (tertiary/aromatic N) is 12. The number of ether oxygens (including phenoxy) is 1. The van der Waals surface area contributed by atoms with E-state index in [1.54, 1.807) is 0 Å². The maximum atomic E-state index is 7.08. The van der Waals surface area contributed by atoms with Gasteiger partial charge < -0.3 is 4.74 Å². The van der Waals surface area contributed by atoms with E-state index in [2.05, 4.69) is 48.2 Å². The molecule has 0 fully saturated rings. The third-order valence-corrected chi connectivity index (χ3v) is 8.12. The van der Waals surface area contributed by atoms with Crippen LogP contribution in [-0.2, 0) is 0 Å². The van der Waals surface area contributed by atoms with Crippen molar-refractivity contribution in [1.29, 1.82) is 0 Å². The zero-order valence-corrected chi connectivity index (χ0v) is 28.0. The molecular weight excluding hydrogens is 616 g/mol. The Morgan fingerprint density at radius 3 is 0.755 bits per heavy atom. The Bertz CT molecular complexity index is 2450. The molecule has 2 aromatic carbocycles. The molecule has 6 heterocycles. The summed E-state index contributed by atoms with van der Waals surface area (Å²) >= 11 is 0. The molecule has 8 rings (SSSR count). The maximum Gasteiger partial charge on any atom is 0.495 e. The first kappa shape index (κ1) is 29.4. The molecule has 0 radical (unpaired) electrons. The number of hydrogen-bond acceptors (Lipinski definition) is 1. The van der Waals surface area contributed by atoms with E-state index >= 15 is 0 Å². The van der Waals surface area contributed by atoms with E-state index in [1.807, 2.05) is 184 Å². The van der Waals surface area contributed by atoms with Gasteiger partial charge in [-0.2, -0.15) is 0 Å². The maximum absolute atomic E-state index is 7.08. The van der Waals surface area contributed by atoms with Crippen LogP contribution >= 0.6 is 0 Å². The highest BCUT2D eigenvalue weighted by Gasteiger charge is 2.40. The second-order valence-corrected chi connectivity index (χ2v) is 12.0. The molecule has 0 aromatic heterocycles. The zero-order chi connectivity index (χ0) is 33.8. The van der Waals surface area contributed by atoms with Crippen LogP contribution in [0.2, 0.25) is 0 Å². The van der Waals surface area contributed by atoms with Crippen LogP contribution < -0.4 is 4.74 Å². The second-order valence-electron chi connectivity index (χ2n) is 12.0. The monoisotopic (exact) mass is 650 g/mol. The first-order valence-corrected chi connectivity index (χ1v) is 15.5. The minimum atomic E-state index is 0.602. The summed E-state index contributed by atoms with van der Waals surface area (Å²) in [6.07, 6.45) is 23.5. The fourth-order valence-electron chi connectivity index (χ4n) is 5.75. The molecule has 13 nitrogen and oxygen atoms in total. The van der Waals surface area contributed by atoms with E-state index in [9.17, 15) is 0 Å². The zero-order valence-electron chi connectivity index (χ0n) is 28.0. The molecule has 0 bridgehead atoms. The van der Waals surface area contributed by atoms with Gasteiger partial charge in [-0.15, -0.1) is 0 Å². The van der Waals surface area contributed by atoms with Gasteiger partial charge in [-0.25, -0.2) is 0 Å². The van der Waals surface area contributed by atoms with E-state index in [4.69, 9.17) is 4.74 Å². The molecule has 2 aromatic rings. The Kier molecular flexibility index (Phi) is 6.79. The summed E-state index contributed by atoms with van der Waals surface area (Å²) in [5, 5.41) is 0. The standard InChI is InChI=1S/C36H34N12O/c1-37-7-13-43(23-37)29-19-33(47-17-11-41(5)27-47)35(21-31(29)45-15-9-39(3)25-45)49-36-22-32(46-16-10-40(4)26-46)30(44-14-8-38(2)24-44)20-34(36)48-18-12-42(6)28-48/h7-22H,1-6H3/q+12. The Morgan fingerprint density at radius 2 is 0.531 bits per heavy atom. The third kappa shape index (κ3) is 5.43. The summed E-state index contributed by atoms with van der Waals surface area (Å²) in [5.41, 5.74) is 5.02. The van der Waals surface area contributed by atoms with E-state index in [1.165, 1.54) is 0 Å². The molecule has 6 aliphatic heterocycles. The third-order valence-electron chi connectivity index (χ3n) is 8.12. The van der Waals surface area contributed by atoms with Crippen molar-refractivity contribution < 1.29 is 59.6 Å². The Hall–Kier alpha value is -7.04. The van der Waals surface area contributed by atoms with Crippen molar-refractivity contribution in [1.82, 2.24) is 0 Å². The van der Waals surface area contributed by atoms with Crippen LogP contribution in [0.4, 0.5) is 34.1 Å². The fraction of sp³-hybridized carbons (Fsp3) is 0.167. The summed E-state index contributed by atoms with van der Waals surface area (Å²) in [7, 11) is 11.7. The van der Waals surface area contributed by atoms with Gasteiger partial charge in [0.05, 0.1) is 24.3 Å². The van der Waals surface area contributed by atoms with Gasteiger partial charge in [-0.05, 0) is 18.3 Å². The second kappa shape index (κ2) is 11.3. The molecule has 0 amide bonds. The number of benzene rings is 2. The van der Waals surface area contributed by atoms with Crippen molar-refractivity contribution >= 4 is 70.2 Å². The van der Waals surface area contributed by atoms with Crippen molar-refractivity contribution in [2.45, 2.75) is 0 Å². The number of hydrogen-bond donors (Lipinski definition) is 0. The molecule has 232 valence electrons. The lowest BCUT2D eigenvalue weighted by Gasteiger charge is -2.08. The van der Waals surface area contributed by atoms with Crippen LogP contribution in [0.25, 0.3) is 0 Å². The summed E-state index contributed by atoms with van der Waals surface area (Å²) < 4.78 is 30.0. The molecule has 0 saturated heterocycles. The van der Waals surface area contributed by atoms with Crippen LogP contribution in [0.3, 0.4) is 0 Å². The summed E-state index contributed by atoms with van der Waals surface area (Å²) in [6, 6.07) is 28.4. The average Bonchev–Trinajstić information content (AvgIpc) is 3.93. The van der Waals surface area contributed by atoms with Crippen molar-refractivity contribution in [3.05, 3.63) is 98.7 Å². The smallest absolute Gasteiger partial charge is 0.443 e. The number of rotatable bonds is 8. The molecule has 0 saturated carbocycles. The van der Waals surface area contributed by atoms with Gasteiger partial charge in [0, 0.05) is 0 Å². The lowest BCUT2D eigenvalue weighted by atomic mass is 10.1. The Labute approximate surface area is 281 Å².